The number of hydrogen-bond acceptors (Lipinski definition) is 2. The third-order valence-corrected chi connectivity index (χ3v) is 5.79. The molecule has 0 aromatic carbocycles. The predicted molar refractivity (Wildman–Crippen MR) is 78.6 cm³/mol. The van der Waals surface area contributed by atoms with Crippen LogP contribution in [0.5, 0.6) is 0 Å². The third kappa shape index (κ3) is 2.75. The monoisotopic (exact) mass is 252 g/mol. The Labute approximate surface area is 113 Å². The molecule has 2 N–H and O–H groups in total. The minimum Gasteiger partial charge on any atom is -0.329 e. The Kier molecular flexibility index (Phi) is 5.08. The van der Waals surface area contributed by atoms with Crippen molar-refractivity contribution < 1.29 is 0 Å². The van der Waals surface area contributed by atoms with Crippen molar-refractivity contribution in [2.75, 3.05) is 20.1 Å². The summed E-state index contributed by atoms with van der Waals surface area (Å²) in [6.07, 6.45) is 12.6. The van der Waals surface area contributed by atoms with Gasteiger partial charge in [-0.15, -0.1) is 0 Å². The van der Waals surface area contributed by atoms with Gasteiger partial charge in [0.2, 0.25) is 0 Å². The third-order valence-electron chi connectivity index (χ3n) is 5.79. The van der Waals surface area contributed by atoms with Crippen molar-refractivity contribution >= 4 is 0 Å². The maximum atomic E-state index is 6.24. The fourth-order valence-electron chi connectivity index (χ4n) is 4.57. The van der Waals surface area contributed by atoms with Gasteiger partial charge >= 0.3 is 0 Å². The molecule has 2 nitrogen and oxygen atoms in total. The largest absolute Gasteiger partial charge is 0.329 e. The second kappa shape index (κ2) is 6.38. The van der Waals surface area contributed by atoms with Crippen LogP contribution in [-0.4, -0.2) is 30.6 Å². The second-order valence-corrected chi connectivity index (χ2v) is 6.69. The van der Waals surface area contributed by atoms with Crippen molar-refractivity contribution in [3.8, 4) is 0 Å². The molecule has 2 aliphatic carbocycles. The van der Waals surface area contributed by atoms with Gasteiger partial charge in [-0.25, -0.2) is 0 Å². The van der Waals surface area contributed by atoms with Crippen LogP contribution in [0, 0.1) is 11.8 Å². The van der Waals surface area contributed by atoms with Gasteiger partial charge in [0.05, 0.1) is 0 Å². The summed E-state index contributed by atoms with van der Waals surface area (Å²) in [5.74, 6) is 1.76. The fourth-order valence-corrected chi connectivity index (χ4v) is 4.57. The highest BCUT2D eigenvalue weighted by Crippen LogP contribution is 2.40. The van der Waals surface area contributed by atoms with Gasteiger partial charge in [0, 0.05) is 18.6 Å². The van der Waals surface area contributed by atoms with Crippen molar-refractivity contribution in [2.45, 2.75) is 70.3 Å². The Morgan fingerprint density at radius 2 is 1.78 bits per heavy atom. The molecule has 0 amide bonds. The van der Waals surface area contributed by atoms with Gasteiger partial charge in [0.25, 0.3) is 0 Å². The molecular weight excluding hydrogens is 220 g/mol. The molecular formula is C16H32N2. The van der Waals surface area contributed by atoms with E-state index in [4.69, 9.17) is 5.73 Å². The minimum atomic E-state index is 0.315. The maximum absolute atomic E-state index is 6.24. The standard InChI is InChI=1S/C16H32N2/c1-3-15-10-6-7-11-16(15,13-17)18(2)12-14-8-4-5-9-14/h14-15H,3-13,17H2,1-2H3. The Balaban J connectivity index is 2.03. The normalized spacial score (nSPS) is 34.3. The molecule has 2 rings (SSSR count). The Hall–Kier alpha value is -0.0800. The quantitative estimate of drug-likeness (QED) is 0.812. The molecule has 2 aliphatic rings. The summed E-state index contributed by atoms with van der Waals surface area (Å²) >= 11 is 0. The lowest BCUT2D eigenvalue weighted by molar-refractivity contribution is 0.0137. The van der Waals surface area contributed by atoms with E-state index in [1.54, 1.807) is 0 Å². The highest BCUT2D eigenvalue weighted by Gasteiger charge is 2.42. The molecule has 2 unspecified atom stereocenters. The number of nitrogens with zero attached hydrogens (tertiary/aromatic N) is 1. The van der Waals surface area contributed by atoms with Gasteiger partial charge in [-0.3, -0.25) is 4.90 Å². The summed E-state index contributed by atoms with van der Waals surface area (Å²) in [7, 11) is 2.35. The van der Waals surface area contributed by atoms with Gasteiger partial charge < -0.3 is 5.73 Å². The zero-order valence-electron chi connectivity index (χ0n) is 12.5. The lowest BCUT2D eigenvalue weighted by atomic mass is 9.70. The van der Waals surface area contributed by atoms with E-state index in [1.807, 2.05) is 0 Å². The van der Waals surface area contributed by atoms with Gasteiger partial charge in [-0.1, -0.05) is 39.0 Å². The summed E-state index contributed by atoms with van der Waals surface area (Å²) in [5, 5.41) is 0. The highest BCUT2D eigenvalue weighted by atomic mass is 15.2. The van der Waals surface area contributed by atoms with Crippen LogP contribution in [-0.2, 0) is 0 Å². The lowest BCUT2D eigenvalue weighted by Crippen LogP contribution is -2.59. The van der Waals surface area contributed by atoms with Gasteiger partial charge in [-0.05, 0) is 44.6 Å². The van der Waals surface area contributed by atoms with Gasteiger partial charge in [-0.2, -0.15) is 0 Å². The maximum Gasteiger partial charge on any atom is 0.0356 e. The molecule has 2 heteroatoms. The molecule has 2 saturated carbocycles. The number of nitrogens with two attached hydrogens (primary N) is 1. The SMILES string of the molecule is CCC1CCCCC1(CN)N(C)CC1CCCC1. The average molecular weight is 252 g/mol. The smallest absolute Gasteiger partial charge is 0.0356 e. The molecule has 0 bridgehead atoms. The van der Waals surface area contributed by atoms with Gasteiger partial charge in [0.1, 0.15) is 0 Å². The summed E-state index contributed by atoms with van der Waals surface area (Å²) < 4.78 is 0. The first-order valence-electron chi connectivity index (χ1n) is 8.14. The average Bonchev–Trinajstić information content (AvgIpc) is 2.91. The Bertz CT molecular complexity index is 247. The summed E-state index contributed by atoms with van der Waals surface area (Å²) in [5.41, 5.74) is 6.55. The molecule has 0 saturated heterocycles. The van der Waals surface area contributed by atoms with Crippen molar-refractivity contribution in [1.29, 1.82) is 0 Å². The summed E-state index contributed by atoms with van der Waals surface area (Å²) in [4.78, 5) is 2.66. The zero-order valence-corrected chi connectivity index (χ0v) is 12.5. The van der Waals surface area contributed by atoms with E-state index in [0.29, 0.717) is 5.54 Å². The molecule has 0 heterocycles. The van der Waals surface area contributed by atoms with E-state index in [-0.39, 0.29) is 0 Å². The van der Waals surface area contributed by atoms with E-state index in [1.165, 1.54) is 64.3 Å². The topological polar surface area (TPSA) is 29.3 Å². The van der Waals surface area contributed by atoms with Crippen molar-refractivity contribution in [3.05, 3.63) is 0 Å². The number of rotatable bonds is 5. The van der Waals surface area contributed by atoms with Crippen LogP contribution >= 0.6 is 0 Å². The molecule has 0 aromatic heterocycles. The van der Waals surface area contributed by atoms with Crippen LogP contribution in [0.3, 0.4) is 0 Å². The predicted octanol–water partition coefficient (Wildman–Crippen LogP) is 3.41. The van der Waals surface area contributed by atoms with Crippen molar-refractivity contribution in [2.24, 2.45) is 17.6 Å². The molecule has 0 aliphatic heterocycles. The minimum absolute atomic E-state index is 0.315. The zero-order chi connectivity index (χ0) is 13.0. The molecule has 2 fully saturated rings. The van der Waals surface area contributed by atoms with Crippen LogP contribution in [0.1, 0.15) is 64.7 Å². The van der Waals surface area contributed by atoms with Crippen molar-refractivity contribution in [1.82, 2.24) is 4.90 Å². The molecule has 0 radical (unpaired) electrons. The summed E-state index contributed by atoms with van der Waals surface area (Å²) in [6.45, 7) is 4.49. The van der Waals surface area contributed by atoms with Crippen molar-refractivity contribution in [3.63, 3.8) is 0 Å². The fraction of sp³-hybridized carbons (Fsp3) is 1.00. The Morgan fingerprint density at radius 1 is 1.11 bits per heavy atom. The lowest BCUT2D eigenvalue weighted by Gasteiger charge is -2.50. The molecule has 0 spiro atoms. The second-order valence-electron chi connectivity index (χ2n) is 6.69. The van der Waals surface area contributed by atoms with E-state index in [9.17, 15) is 0 Å². The molecule has 106 valence electrons. The Morgan fingerprint density at radius 3 is 2.39 bits per heavy atom. The van der Waals surface area contributed by atoms with E-state index >= 15 is 0 Å². The van der Waals surface area contributed by atoms with Crippen LogP contribution in [0.4, 0.5) is 0 Å². The van der Waals surface area contributed by atoms with Crippen LogP contribution < -0.4 is 5.73 Å². The first kappa shape index (κ1) is 14.3. The number of likely N-dealkylation sites (N-methyl/N-ethyl adjacent to an activating group) is 1. The summed E-state index contributed by atoms with van der Waals surface area (Å²) in [6, 6.07) is 0. The van der Waals surface area contributed by atoms with Crippen LogP contribution in [0.25, 0.3) is 0 Å². The van der Waals surface area contributed by atoms with E-state index in [2.05, 4.69) is 18.9 Å². The van der Waals surface area contributed by atoms with Crippen LogP contribution in [0.2, 0.25) is 0 Å². The van der Waals surface area contributed by atoms with E-state index < -0.39 is 0 Å². The first-order valence-corrected chi connectivity index (χ1v) is 8.14. The molecule has 18 heavy (non-hydrogen) atoms. The number of hydrogen-bond donors (Lipinski definition) is 1. The molecule has 2 atom stereocenters. The van der Waals surface area contributed by atoms with Crippen LogP contribution in [0.15, 0.2) is 0 Å². The molecule has 0 aromatic rings. The first-order chi connectivity index (χ1) is 8.73. The van der Waals surface area contributed by atoms with E-state index in [0.717, 1.165) is 18.4 Å². The van der Waals surface area contributed by atoms with Gasteiger partial charge in [0.15, 0.2) is 0 Å². The highest BCUT2D eigenvalue weighted by molar-refractivity contribution is 4.99.